The normalized spacial score (nSPS) is 13.9. The number of benzene rings is 1. The average molecular weight is 249 g/mol. The first-order valence-corrected chi connectivity index (χ1v) is 6.53. The first kappa shape index (κ1) is 15.2. The van der Waals surface area contributed by atoms with Gasteiger partial charge in [-0.3, -0.25) is 11.3 Å². The smallest absolute Gasteiger partial charge is 0.0377 e. The van der Waals surface area contributed by atoms with E-state index < -0.39 is 0 Å². The summed E-state index contributed by atoms with van der Waals surface area (Å²) in [5, 5.41) is 0. The fourth-order valence-corrected chi connectivity index (χ4v) is 2.04. The molecule has 0 aliphatic carbocycles. The van der Waals surface area contributed by atoms with E-state index in [0.29, 0.717) is 6.04 Å². The highest BCUT2D eigenvalue weighted by molar-refractivity contribution is 5.28. The van der Waals surface area contributed by atoms with E-state index in [9.17, 15) is 0 Å². The number of nitrogens with one attached hydrogen (secondary N) is 1. The van der Waals surface area contributed by atoms with Crippen molar-refractivity contribution in [1.29, 1.82) is 0 Å². The first-order valence-electron chi connectivity index (χ1n) is 6.53. The fourth-order valence-electron chi connectivity index (χ4n) is 2.04. The van der Waals surface area contributed by atoms with E-state index in [1.807, 2.05) is 0 Å². The molecule has 0 spiro atoms. The van der Waals surface area contributed by atoms with E-state index in [4.69, 9.17) is 5.84 Å². The van der Waals surface area contributed by atoms with Crippen LogP contribution < -0.4 is 11.3 Å². The summed E-state index contributed by atoms with van der Waals surface area (Å²) in [7, 11) is 4.13. The monoisotopic (exact) mass is 249 g/mol. The average Bonchev–Trinajstić information content (AvgIpc) is 2.27. The summed E-state index contributed by atoms with van der Waals surface area (Å²) in [6.07, 6.45) is 0.957. The van der Waals surface area contributed by atoms with Gasteiger partial charge in [-0.2, -0.15) is 0 Å². The summed E-state index contributed by atoms with van der Waals surface area (Å²) in [4.78, 5) is 2.15. The van der Waals surface area contributed by atoms with Gasteiger partial charge in [0.05, 0.1) is 0 Å². The molecule has 102 valence electrons. The van der Waals surface area contributed by atoms with E-state index in [2.05, 4.69) is 69.5 Å². The standard InChI is InChI=1S/C15H27N3/c1-15(2,3)13-8-6-12(7-9-13)10-14(17-16)11-18(4)5/h6-9,14,17H,10-11,16H2,1-5H3. The van der Waals surface area contributed by atoms with Crippen molar-refractivity contribution in [3.05, 3.63) is 35.4 Å². The molecule has 1 rings (SSSR count). The second-order valence-electron chi connectivity index (χ2n) is 6.28. The van der Waals surface area contributed by atoms with Crippen LogP contribution in [0.25, 0.3) is 0 Å². The molecule has 0 saturated carbocycles. The summed E-state index contributed by atoms with van der Waals surface area (Å²) >= 11 is 0. The Labute approximate surface area is 111 Å². The molecule has 0 bridgehead atoms. The number of hydrazine groups is 1. The molecule has 0 amide bonds. The van der Waals surface area contributed by atoms with Crippen LogP contribution in [0.3, 0.4) is 0 Å². The Kier molecular flexibility index (Phi) is 5.32. The molecule has 3 N–H and O–H groups in total. The summed E-state index contributed by atoms with van der Waals surface area (Å²) in [6, 6.07) is 9.15. The quantitative estimate of drug-likeness (QED) is 0.619. The second kappa shape index (κ2) is 6.32. The maximum atomic E-state index is 5.59. The van der Waals surface area contributed by atoms with Gasteiger partial charge in [0.25, 0.3) is 0 Å². The second-order valence-corrected chi connectivity index (χ2v) is 6.28. The minimum Gasteiger partial charge on any atom is -0.308 e. The molecule has 3 nitrogen and oxygen atoms in total. The van der Waals surface area contributed by atoms with Gasteiger partial charge in [-0.1, -0.05) is 45.0 Å². The van der Waals surface area contributed by atoms with Crippen LogP contribution in [-0.2, 0) is 11.8 Å². The predicted molar refractivity (Wildman–Crippen MR) is 78.5 cm³/mol. The molecule has 1 atom stereocenters. The van der Waals surface area contributed by atoms with Crippen molar-refractivity contribution in [2.45, 2.75) is 38.6 Å². The molecule has 1 aromatic carbocycles. The van der Waals surface area contributed by atoms with Gasteiger partial charge in [-0.05, 0) is 37.1 Å². The SMILES string of the molecule is CN(C)CC(Cc1ccc(C(C)(C)C)cc1)NN. The largest absolute Gasteiger partial charge is 0.308 e. The first-order chi connectivity index (χ1) is 8.32. The molecule has 0 fully saturated rings. The van der Waals surface area contributed by atoms with E-state index in [-0.39, 0.29) is 5.41 Å². The van der Waals surface area contributed by atoms with Crippen molar-refractivity contribution >= 4 is 0 Å². The van der Waals surface area contributed by atoms with Crippen LogP contribution in [-0.4, -0.2) is 31.6 Å². The topological polar surface area (TPSA) is 41.3 Å². The molecule has 1 unspecified atom stereocenters. The van der Waals surface area contributed by atoms with E-state index in [1.165, 1.54) is 11.1 Å². The van der Waals surface area contributed by atoms with Crippen molar-refractivity contribution in [2.24, 2.45) is 5.84 Å². The van der Waals surface area contributed by atoms with Crippen LogP contribution in [0.5, 0.6) is 0 Å². The third-order valence-corrected chi connectivity index (χ3v) is 3.12. The van der Waals surface area contributed by atoms with Crippen LogP contribution in [0.2, 0.25) is 0 Å². The highest BCUT2D eigenvalue weighted by Gasteiger charge is 2.14. The zero-order valence-electron chi connectivity index (χ0n) is 12.3. The van der Waals surface area contributed by atoms with Crippen LogP contribution in [0.15, 0.2) is 24.3 Å². The number of hydrogen-bond donors (Lipinski definition) is 2. The molecule has 0 heterocycles. The maximum Gasteiger partial charge on any atom is 0.0377 e. The Morgan fingerprint density at radius 3 is 2.11 bits per heavy atom. The minimum absolute atomic E-state index is 0.216. The lowest BCUT2D eigenvalue weighted by Gasteiger charge is -2.22. The van der Waals surface area contributed by atoms with Crippen molar-refractivity contribution in [3.8, 4) is 0 Å². The molecular weight excluding hydrogens is 222 g/mol. The Morgan fingerprint density at radius 2 is 1.72 bits per heavy atom. The molecule has 18 heavy (non-hydrogen) atoms. The molecule has 1 aromatic rings. The minimum atomic E-state index is 0.216. The zero-order chi connectivity index (χ0) is 13.8. The number of nitrogens with two attached hydrogens (primary N) is 1. The third kappa shape index (κ3) is 4.77. The Bertz CT molecular complexity index is 349. The molecular formula is C15H27N3. The summed E-state index contributed by atoms with van der Waals surface area (Å²) in [6.45, 7) is 7.65. The number of hydrogen-bond acceptors (Lipinski definition) is 3. The van der Waals surface area contributed by atoms with Gasteiger partial charge in [0, 0.05) is 12.6 Å². The molecule has 0 saturated heterocycles. The van der Waals surface area contributed by atoms with Crippen LogP contribution in [0, 0.1) is 0 Å². The lowest BCUT2D eigenvalue weighted by atomic mass is 9.86. The van der Waals surface area contributed by atoms with Crippen molar-refractivity contribution in [3.63, 3.8) is 0 Å². The van der Waals surface area contributed by atoms with E-state index in [0.717, 1.165) is 13.0 Å². The molecule has 3 heteroatoms. The fraction of sp³-hybridized carbons (Fsp3) is 0.600. The Balaban J connectivity index is 2.68. The Morgan fingerprint density at radius 1 is 1.17 bits per heavy atom. The van der Waals surface area contributed by atoms with Crippen molar-refractivity contribution in [1.82, 2.24) is 10.3 Å². The maximum absolute atomic E-state index is 5.59. The van der Waals surface area contributed by atoms with Crippen molar-refractivity contribution in [2.75, 3.05) is 20.6 Å². The third-order valence-electron chi connectivity index (χ3n) is 3.12. The van der Waals surface area contributed by atoms with Gasteiger partial charge in [-0.25, -0.2) is 0 Å². The van der Waals surface area contributed by atoms with E-state index in [1.54, 1.807) is 0 Å². The van der Waals surface area contributed by atoms with Gasteiger partial charge < -0.3 is 4.90 Å². The van der Waals surface area contributed by atoms with Gasteiger partial charge >= 0.3 is 0 Å². The van der Waals surface area contributed by atoms with Gasteiger partial charge in [0.2, 0.25) is 0 Å². The molecule has 0 aliphatic rings. The van der Waals surface area contributed by atoms with Gasteiger partial charge in [0.1, 0.15) is 0 Å². The summed E-state index contributed by atoms with van der Waals surface area (Å²) in [5.74, 6) is 5.59. The number of likely N-dealkylation sites (N-methyl/N-ethyl adjacent to an activating group) is 1. The zero-order valence-corrected chi connectivity index (χ0v) is 12.3. The highest BCUT2D eigenvalue weighted by Crippen LogP contribution is 2.22. The molecule has 0 aliphatic heterocycles. The van der Waals surface area contributed by atoms with Crippen LogP contribution in [0.4, 0.5) is 0 Å². The van der Waals surface area contributed by atoms with Crippen molar-refractivity contribution < 1.29 is 0 Å². The van der Waals surface area contributed by atoms with E-state index >= 15 is 0 Å². The summed E-state index contributed by atoms with van der Waals surface area (Å²) < 4.78 is 0. The Hall–Kier alpha value is -0.900. The van der Waals surface area contributed by atoms with Crippen LogP contribution in [0.1, 0.15) is 31.9 Å². The predicted octanol–water partition coefficient (Wildman–Crippen LogP) is 1.92. The summed E-state index contributed by atoms with van der Waals surface area (Å²) in [5.41, 5.74) is 5.80. The van der Waals surface area contributed by atoms with Crippen LogP contribution >= 0.6 is 0 Å². The van der Waals surface area contributed by atoms with Gasteiger partial charge in [0.15, 0.2) is 0 Å². The molecule has 0 radical (unpaired) electrons. The number of nitrogens with zero attached hydrogens (tertiary/aromatic N) is 1. The van der Waals surface area contributed by atoms with Gasteiger partial charge in [-0.15, -0.1) is 0 Å². The highest BCUT2D eigenvalue weighted by atomic mass is 15.3. The molecule has 0 aromatic heterocycles. The lowest BCUT2D eigenvalue weighted by Crippen LogP contribution is -2.43. The number of rotatable bonds is 5. The lowest BCUT2D eigenvalue weighted by molar-refractivity contribution is 0.338.